The van der Waals surface area contributed by atoms with E-state index in [1.807, 2.05) is 6.92 Å². The number of methoxy groups -OCH3 is 1. The molecule has 0 saturated carbocycles. The molecule has 2 aromatic rings. The van der Waals surface area contributed by atoms with Crippen LogP contribution in [0.1, 0.15) is 22.3 Å². The van der Waals surface area contributed by atoms with Gasteiger partial charge in [-0.05, 0) is 18.6 Å². The molecule has 24 heavy (non-hydrogen) atoms. The highest BCUT2D eigenvalue weighted by atomic mass is 35.5. The summed E-state index contributed by atoms with van der Waals surface area (Å²) in [5, 5.41) is 11.8. The highest BCUT2D eigenvalue weighted by molar-refractivity contribution is 7.15. The van der Waals surface area contributed by atoms with Crippen molar-refractivity contribution in [2.24, 2.45) is 5.73 Å². The number of hydrogen-bond acceptors (Lipinski definition) is 7. The van der Waals surface area contributed by atoms with Gasteiger partial charge in [-0.3, -0.25) is 14.9 Å². The van der Waals surface area contributed by atoms with Crippen molar-refractivity contribution in [1.82, 2.24) is 10.2 Å². The average Bonchev–Trinajstić information content (AvgIpc) is 3.00. The third kappa shape index (κ3) is 4.33. The molecule has 0 unspecified atom stereocenters. The fraction of sp³-hybridized carbons (Fsp3) is 0.286. The number of aryl methyl sites for hydroxylation is 1. The third-order valence-corrected chi connectivity index (χ3v) is 4.10. The van der Waals surface area contributed by atoms with Gasteiger partial charge in [0.25, 0.3) is 11.8 Å². The number of carbonyl (C=O) groups excluding carboxylic acids is 2. The van der Waals surface area contributed by atoms with E-state index in [9.17, 15) is 9.59 Å². The molecule has 0 aliphatic rings. The summed E-state index contributed by atoms with van der Waals surface area (Å²) in [6, 6.07) is 2.84. The van der Waals surface area contributed by atoms with E-state index in [-0.39, 0.29) is 28.7 Å². The third-order valence-electron chi connectivity index (χ3n) is 2.84. The van der Waals surface area contributed by atoms with Crippen molar-refractivity contribution in [3.63, 3.8) is 0 Å². The second-order valence-electron chi connectivity index (χ2n) is 4.55. The fourth-order valence-corrected chi connectivity index (χ4v) is 2.69. The van der Waals surface area contributed by atoms with Crippen LogP contribution in [0.3, 0.4) is 0 Å². The summed E-state index contributed by atoms with van der Waals surface area (Å²) >= 11 is 7.40. The highest BCUT2D eigenvalue weighted by Gasteiger charge is 2.17. The van der Waals surface area contributed by atoms with Crippen LogP contribution in [0.5, 0.6) is 11.5 Å². The Bertz CT molecular complexity index is 765. The number of halogens is 1. The van der Waals surface area contributed by atoms with Crippen LogP contribution in [-0.4, -0.2) is 35.7 Å². The molecule has 0 aliphatic heterocycles. The number of aromatic nitrogens is 2. The molecule has 0 radical (unpaired) electrons. The van der Waals surface area contributed by atoms with Crippen LogP contribution in [0.15, 0.2) is 12.1 Å². The minimum absolute atomic E-state index is 0.118. The van der Waals surface area contributed by atoms with Gasteiger partial charge in [0.15, 0.2) is 18.1 Å². The van der Waals surface area contributed by atoms with E-state index >= 15 is 0 Å². The van der Waals surface area contributed by atoms with Crippen molar-refractivity contribution >= 4 is 39.9 Å². The van der Waals surface area contributed by atoms with Crippen molar-refractivity contribution in [2.45, 2.75) is 13.3 Å². The van der Waals surface area contributed by atoms with Crippen LogP contribution >= 0.6 is 22.9 Å². The van der Waals surface area contributed by atoms with Crippen molar-refractivity contribution in [1.29, 1.82) is 0 Å². The molecule has 0 atom stereocenters. The van der Waals surface area contributed by atoms with E-state index in [1.165, 1.54) is 30.6 Å². The quantitative estimate of drug-likeness (QED) is 0.768. The summed E-state index contributed by atoms with van der Waals surface area (Å²) in [5.74, 6) is -0.729. The molecule has 0 fully saturated rings. The maximum Gasteiger partial charge on any atom is 0.257 e. The SMILES string of the molecule is CCc1nnc(NC(=O)c2cc(Cl)c(OCC(N)=O)c(OC)c2)s1. The Morgan fingerprint density at radius 1 is 1.38 bits per heavy atom. The average molecular weight is 371 g/mol. The zero-order valence-corrected chi connectivity index (χ0v) is 14.5. The molecular formula is C14H15ClN4O4S. The summed E-state index contributed by atoms with van der Waals surface area (Å²) in [6.07, 6.45) is 0.735. The molecule has 0 aliphatic carbocycles. The Labute approximate surface area is 146 Å². The van der Waals surface area contributed by atoms with Gasteiger partial charge in [0.05, 0.1) is 12.1 Å². The summed E-state index contributed by atoms with van der Waals surface area (Å²) in [4.78, 5) is 23.1. The molecule has 8 nitrogen and oxygen atoms in total. The minimum Gasteiger partial charge on any atom is -0.493 e. The van der Waals surface area contributed by atoms with Gasteiger partial charge in [-0.25, -0.2) is 0 Å². The second kappa shape index (κ2) is 7.93. The molecule has 1 aromatic heterocycles. The standard InChI is InChI=1S/C14H15ClN4O4S/c1-3-11-18-19-14(24-11)17-13(21)7-4-8(15)12(9(5-7)22-2)23-6-10(16)20/h4-5H,3,6H2,1-2H3,(H2,16,20)(H,17,19,21). The summed E-state index contributed by atoms with van der Waals surface area (Å²) in [5.41, 5.74) is 5.28. The predicted octanol–water partition coefficient (Wildman–Crippen LogP) is 1.88. The van der Waals surface area contributed by atoms with Crippen LogP contribution < -0.4 is 20.5 Å². The lowest BCUT2D eigenvalue weighted by molar-refractivity contribution is -0.119. The largest absolute Gasteiger partial charge is 0.493 e. The van der Waals surface area contributed by atoms with E-state index in [0.717, 1.165) is 11.4 Å². The van der Waals surface area contributed by atoms with Gasteiger partial charge in [-0.15, -0.1) is 10.2 Å². The lowest BCUT2D eigenvalue weighted by atomic mass is 10.2. The first kappa shape index (κ1) is 18.0. The normalized spacial score (nSPS) is 10.3. The van der Waals surface area contributed by atoms with E-state index < -0.39 is 11.8 Å². The highest BCUT2D eigenvalue weighted by Crippen LogP contribution is 2.36. The number of ether oxygens (including phenoxy) is 2. The van der Waals surface area contributed by atoms with Gasteiger partial charge in [-0.2, -0.15) is 0 Å². The molecule has 128 valence electrons. The van der Waals surface area contributed by atoms with Crippen LogP contribution in [-0.2, 0) is 11.2 Å². The molecule has 0 spiro atoms. The molecule has 10 heteroatoms. The zero-order valence-electron chi connectivity index (χ0n) is 13.0. The van der Waals surface area contributed by atoms with E-state index in [2.05, 4.69) is 15.5 Å². The molecule has 2 amide bonds. The number of amides is 2. The van der Waals surface area contributed by atoms with E-state index in [0.29, 0.717) is 5.13 Å². The lowest BCUT2D eigenvalue weighted by Crippen LogP contribution is -2.20. The van der Waals surface area contributed by atoms with Crippen molar-refractivity contribution in [3.8, 4) is 11.5 Å². The minimum atomic E-state index is -0.655. The molecule has 1 aromatic carbocycles. The Morgan fingerprint density at radius 2 is 2.12 bits per heavy atom. The number of nitrogens with zero attached hydrogens (tertiary/aromatic N) is 2. The molecule has 1 heterocycles. The molecule has 3 N–H and O–H groups in total. The lowest BCUT2D eigenvalue weighted by Gasteiger charge is -2.13. The maximum absolute atomic E-state index is 12.3. The summed E-state index contributed by atoms with van der Waals surface area (Å²) in [6.45, 7) is 1.59. The van der Waals surface area contributed by atoms with E-state index in [4.69, 9.17) is 26.8 Å². The monoisotopic (exact) mass is 370 g/mol. The number of primary amides is 1. The first-order chi connectivity index (χ1) is 11.4. The number of benzene rings is 1. The molecular weight excluding hydrogens is 356 g/mol. The Hall–Kier alpha value is -2.39. The smallest absolute Gasteiger partial charge is 0.257 e. The van der Waals surface area contributed by atoms with Crippen LogP contribution in [0.25, 0.3) is 0 Å². The first-order valence-corrected chi connectivity index (χ1v) is 8.06. The Morgan fingerprint density at radius 3 is 2.71 bits per heavy atom. The number of rotatable bonds is 7. The summed E-state index contributed by atoms with van der Waals surface area (Å²) < 4.78 is 10.4. The van der Waals surface area contributed by atoms with Crippen molar-refractivity contribution in [3.05, 3.63) is 27.7 Å². The van der Waals surface area contributed by atoms with Crippen LogP contribution in [0.4, 0.5) is 5.13 Å². The number of nitrogens with one attached hydrogen (secondary N) is 1. The molecule has 2 rings (SSSR count). The van der Waals surface area contributed by atoms with Crippen molar-refractivity contribution < 1.29 is 19.1 Å². The fourth-order valence-electron chi connectivity index (χ4n) is 1.75. The molecule has 0 bridgehead atoms. The second-order valence-corrected chi connectivity index (χ2v) is 6.02. The topological polar surface area (TPSA) is 116 Å². The summed E-state index contributed by atoms with van der Waals surface area (Å²) in [7, 11) is 1.39. The number of anilines is 1. The van der Waals surface area contributed by atoms with Crippen molar-refractivity contribution in [2.75, 3.05) is 19.0 Å². The van der Waals surface area contributed by atoms with E-state index in [1.54, 1.807) is 0 Å². The van der Waals surface area contributed by atoms with Gasteiger partial charge in [-0.1, -0.05) is 29.9 Å². The number of carbonyl (C=O) groups is 2. The first-order valence-electron chi connectivity index (χ1n) is 6.87. The van der Waals surface area contributed by atoms with Gasteiger partial charge in [0.2, 0.25) is 5.13 Å². The molecule has 0 saturated heterocycles. The van der Waals surface area contributed by atoms with Crippen LogP contribution in [0.2, 0.25) is 5.02 Å². The van der Waals surface area contributed by atoms with Crippen LogP contribution in [0, 0.1) is 0 Å². The van der Waals surface area contributed by atoms with Gasteiger partial charge in [0, 0.05) is 5.56 Å². The Balaban J connectivity index is 2.21. The van der Waals surface area contributed by atoms with Gasteiger partial charge >= 0.3 is 0 Å². The Kier molecular flexibility index (Phi) is 5.93. The van der Waals surface area contributed by atoms with Gasteiger partial charge < -0.3 is 15.2 Å². The number of nitrogens with two attached hydrogens (primary N) is 1. The predicted molar refractivity (Wildman–Crippen MR) is 89.9 cm³/mol. The number of hydrogen-bond donors (Lipinski definition) is 2. The van der Waals surface area contributed by atoms with Gasteiger partial charge in [0.1, 0.15) is 5.01 Å². The zero-order chi connectivity index (χ0) is 17.7. The maximum atomic E-state index is 12.3.